The van der Waals surface area contributed by atoms with Gasteiger partial charge in [0.15, 0.2) is 5.69 Å². The standard InChI is InChI=1S/C20H31FN4O/c1-24-9-5-15(6-10-24)3-2-4-16-7-11-25(12-8-16)18-13-17(21)14-23-19(18)20(22)26/h13-16H,2-12H2,1H3,(H2,22,26). The Morgan fingerprint density at radius 1 is 1.15 bits per heavy atom. The number of primary amides is 1. The molecule has 1 amide bonds. The van der Waals surface area contributed by atoms with Crippen LogP contribution >= 0.6 is 0 Å². The van der Waals surface area contributed by atoms with E-state index in [4.69, 9.17) is 5.73 Å². The summed E-state index contributed by atoms with van der Waals surface area (Å²) >= 11 is 0. The second-order valence-corrected chi connectivity index (χ2v) is 7.99. The molecule has 2 aliphatic heterocycles. The monoisotopic (exact) mass is 362 g/mol. The normalized spacial score (nSPS) is 20.5. The van der Waals surface area contributed by atoms with Crippen molar-refractivity contribution in [3.8, 4) is 0 Å². The van der Waals surface area contributed by atoms with Crippen molar-refractivity contribution in [2.24, 2.45) is 17.6 Å². The van der Waals surface area contributed by atoms with Crippen LogP contribution in [0, 0.1) is 17.7 Å². The Balaban J connectivity index is 1.44. The number of aromatic nitrogens is 1. The highest BCUT2D eigenvalue weighted by atomic mass is 19.1. The predicted octanol–water partition coefficient (Wildman–Crippen LogP) is 3.05. The molecular weight excluding hydrogens is 331 g/mol. The number of halogens is 1. The number of carbonyl (C=O) groups excluding carboxylic acids is 1. The molecule has 3 rings (SSSR count). The van der Waals surface area contributed by atoms with Crippen LogP contribution in [0.3, 0.4) is 0 Å². The first-order chi connectivity index (χ1) is 12.5. The largest absolute Gasteiger partial charge is 0.370 e. The third kappa shape index (κ3) is 4.93. The molecule has 2 saturated heterocycles. The lowest BCUT2D eigenvalue weighted by Crippen LogP contribution is -2.35. The van der Waals surface area contributed by atoms with Crippen molar-refractivity contribution in [2.45, 2.75) is 44.9 Å². The van der Waals surface area contributed by atoms with Crippen LogP contribution in [0.2, 0.25) is 0 Å². The van der Waals surface area contributed by atoms with Gasteiger partial charge in [0.1, 0.15) is 5.82 Å². The van der Waals surface area contributed by atoms with E-state index in [1.54, 1.807) is 0 Å². The summed E-state index contributed by atoms with van der Waals surface area (Å²) in [5.41, 5.74) is 6.11. The van der Waals surface area contributed by atoms with Gasteiger partial charge in [0, 0.05) is 19.2 Å². The summed E-state index contributed by atoms with van der Waals surface area (Å²) in [6.07, 6.45) is 9.86. The van der Waals surface area contributed by atoms with E-state index < -0.39 is 11.7 Å². The van der Waals surface area contributed by atoms with E-state index in [0.29, 0.717) is 5.69 Å². The molecule has 0 radical (unpaired) electrons. The molecule has 5 nitrogen and oxygen atoms in total. The number of anilines is 1. The predicted molar refractivity (Wildman–Crippen MR) is 102 cm³/mol. The summed E-state index contributed by atoms with van der Waals surface area (Å²) < 4.78 is 13.6. The van der Waals surface area contributed by atoms with Gasteiger partial charge in [-0.05, 0) is 57.7 Å². The molecule has 0 unspecified atom stereocenters. The number of amides is 1. The first kappa shape index (κ1) is 19.1. The van der Waals surface area contributed by atoms with Crippen molar-refractivity contribution in [2.75, 3.05) is 38.1 Å². The molecule has 2 aliphatic rings. The van der Waals surface area contributed by atoms with Gasteiger partial charge in [0.05, 0.1) is 11.9 Å². The third-order valence-corrected chi connectivity index (χ3v) is 6.09. The van der Waals surface area contributed by atoms with E-state index in [0.717, 1.165) is 44.0 Å². The summed E-state index contributed by atoms with van der Waals surface area (Å²) in [4.78, 5) is 19.9. The van der Waals surface area contributed by atoms with Crippen molar-refractivity contribution in [1.29, 1.82) is 0 Å². The number of piperidine rings is 2. The topological polar surface area (TPSA) is 62.5 Å². The SMILES string of the molecule is CN1CCC(CCCC2CCN(c3cc(F)cnc3C(N)=O)CC2)CC1. The fourth-order valence-corrected chi connectivity index (χ4v) is 4.37. The molecule has 2 N–H and O–H groups in total. The van der Waals surface area contributed by atoms with Gasteiger partial charge >= 0.3 is 0 Å². The van der Waals surface area contributed by atoms with E-state index in [9.17, 15) is 9.18 Å². The van der Waals surface area contributed by atoms with E-state index in [-0.39, 0.29) is 5.69 Å². The fraction of sp³-hybridized carbons (Fsp3) is 0.700. The number of pyridine rings is 1. The molecule has 2 fully saturated rings. The van der Waals surface area contributed by atoms with Crippen molar-refractivity contribution in [1.82, 2.24) is 9.88 Å². The number of carbonyl (C=O) groups is 1. The van der Waals surface area contributed by atoms with Crippen molar-refractivity contribution in [3.63, 3.8) is 0 Å². The smallest absolute Gasteiger partial charge is 0.269 e. The number of hydrogen-bond donors (Lipinski definition) is 1. The van der Waals surface area contributed by atoms with Crippen LogP contribution in [-0.4, -0.2) is 49.0 Å². The highest BCUT2D eigenvalue weighted by molar-refractivity contribution is 5.96. The number of likely N-dealkylation sites (tertiary alicyclic amines) is 1. The number of nitrogens with zero attached hydrogens (tertiary/aromatic N) is 3. The summed E-state index contributed by atoms with van der Waals surface area (Å²) in [6.45, 7) is 4.16. The van der Waals surface area contributed by atoms with Gasteiger partial charge in [-0.15, -0.1) is 0 Å². The first-order valence-corrected chi connectivity index (χ1v) is 9.91. The Kier molecular flexibility index (Phi) is 6.46. The highest BCUT2D eigenvalue weighted by Gasteiger charge is 2.24. The highest BCUT2D eigenvalue weighted by Crippen LogP contribution is 2.30. The van der Waals surface area contributed by atoms with Gasteiger partial charge in [-0.2, -0.15) is 0 Å². The fourth-order valence-electron chi connectivity index (χ4n) is 4.37. The van der Waals surface area contributed by atoms with Crippen LogP contribution in [0.5, 0.6) is 0 Å². The number of rotatable bonds is 6. The second kappa shape index (κ2) is 8.80. The molecule has 1 aromatic heterocycles. The van der Waals surface area contributed by atoms with E-state index in [2.05, 4.69) is 21.8 Å². The van der Waals surface area contributed by atoms with Crippen LogP contribution in [0.1, 0.15) is 55.4 Å². The molecule has 0 atom stereocenters. The molecule has 0 bridgehead atoms. The van der Waals surface area contributed by atoms with E-state index in [1.165, 1.54) is 51.3 Å². The molecule has 0 saturated carbocycles. The Morgan fingerprint density at radius 3 is 2.31 bits per heavy atom. The minimum Gasteiger partial charge on any atom is -0.370 e. The minimum absolute atomic E-state index is 0.173. The van der Waals surface area contributed by atoms with Crippen LogP contribution in [0.4, 0.5) is 10.1 Å². The Bertz CT molecular complexity index is 608. The Morgan fingerprint density at radius 2 is 1.73 bits per heavy atom. The van der Waals surface area contributed by atoms with Crippen molar-refractivity contribution >= 4 is 11.6 Å². The van der Waals surface area contributed by atoms with Crippen LogP contribution in [0.15, 0.2) is 12.3 Å². The molecular formula is C20H31FN4O. The van der Waals surface area contributed by atoms with Crippen LogP contribution in [-0.2, 0) is 0 Å². The third-order valence-electron chi connectivity index (χ3n) is 6.09. The van der Waals surface area contributed by atoms with Gasteiger partial charge in [-0.3, -0.25) is 4.79 Å². The molecule has 3 heterocycles. The maximum absolute atomic E-state index is 13.6. The van der Waals surface area contributed by atoms with Crippen LogP contribution in [0.25, 0.3) is 0 Å². The zero-order valence-corrected chi connectivity index (χ0v) is 15.8. The van der Waals surface area contributed by atoms with Gasteiger partial charge in [-0.25, -0.2) is 9.37 Å². The zero-order valence-electron chi connectivity index (χ0n) is 15.8. The van der Waals surface area contributed by atoms with Gasteiger partial charge in [0.2, 0.25) is 0 Å². The Labute approximate surface area is 155 Å². The Hall–Kier alpha value is -1.69. The number of nitrogens with two attached hydrogens (primary N) is 1. The molecule has 6 heteroatoms. The average molecular weight is 362 g/mol. The van der Waals surface area contributed by atoms with Gasteiger partial charge < -0.3 is 15.5 Å². The van der Waals surface area contributed by atoms with Crippen molar-refractivity contribution < 1.29 is 9.18 Å². The molecule has 1 aromatic rings. The lowest BCUT2D eigenvalue weighted by atomic mass is 9.87. The van der Waals surface area contributed by atoms with E-state index in [1.807, 2.05) is 0 Å². The summed E-state index contributed by atoms with van der Waals surface area (Å²) in [6, 6.07) is 1.38. The second-order valence-electron chi connectivity index (χ2n) is 7.99. The quantitative estimate of drug-likeness (QED) is 0.845. The molecule has 144 valence electrons. The summed E-state index contributed by atoms with van der Waals surface area (Å²) in [5, 5.41) is 0. The zero-order chi connectivity index (χ0) is 18.5. The van der Waals surface area contributed by atoms with E-state index >= 15 is 0 Å². The minimum atomic E-state index is -0.597. The van der Waals surface area contributed by atoms with Crippen molar-refractivity contribution in [3.05, 3.63) is 23.8 Å². The first-order valence-electron chi connectivity index (χ1n) is 9.91. The molecule has 26 heavy (non-hydrogen) atoms. The average Bonchev–Trinajstić information content (AvgIpc) is 2.63. The molecule has 0 spiro atoms. The van der Waals surface area contributed by atoms with Crippen LogP contribution < -0.4 is 10.6 Å². The lowest BCUT2D eigenvalue weighted by molar-refractivity contribution is 0.0996. The summed E-state index contributed by atoms with van der Waals surface area (Å²) in [7, 11) is 2.21. The lowest BCUT2D eigenvalue weighted by Gasteiger charge is -2.34. The maximum atomic E-state index is 13.6. The van der Waals surface area contributed by atoms with Gasteiger partial charge in [-0.1, -0.05) is 19.3 Å². The molecule has 0 aromatic carbocycles. The maximum Gasteiger partial charge on any atom is 0.269 e. The summed E-state index contributed by atoms with van der Waals surface area (Å²) in [5.74, 6) is 0.615. The molecule has 0 aliphatic carbocycles. The van der Waals surface area contributed by atoms with Gasteiger partial charge in [0.25, 0.3) is 5.91 Å². The number of hydrogen-bond acceptors (Lipinski definition) is 4.